The van der Waals surface area contributed by atoms with Gasteiger partial charge in [0.2, 0.25) is 0 Å². The Morgan fingerprint density at radius 3 is 2.50 bits per heavy atom. The highest BCUT2D eigenvalue weighted by Gasteiger charge is 2.20. The first-order valence-corrected chi connectivity index (χ1v) is 6.34. The van der Waals surface area contributed by atoms with Gasteiger partial charge in [-0.1, -0.05) is 24.3 Å². The van der Waals surface area contributed by atoms with Crippen molar-refractivity contribution in [3.8, 4) is 5.75 Å². The standard InChI is InChI=1S/C16H17F2NO/c1-10-7-8-13(15(18)14(10)17)16(19-2)11-5-4-6-12(9-11)20-3/h4-9,16,19H,1-3H3. The van der Waals surface area contributed by atoms with E-state index in [0.29, 0.717) is 11.3 Å². The largest absolute Gasteiger partial charge is 0.497 e. The average Bonchev–Trinajstić information content (AvgIpc) is 2.48. The van der Waals surface area contributed by atoms with Crippen LogP contribution in [0, 0.1) is 18.6 Å². The SMILES string of the molecule is CNC(c1cccc(OC)c1)c1ccc(C)c(F)c1F. The highest BCUT2D eigenvalue weighted by molar-refractivity contribution is 5.38. The lowest BCUT2D eigenvalue weighted by molar-refractivity contribution is 0.413. The number of methoxy groups -OCH3 is 1. The third kappa shape index (κ3) is 2.65. The van der Waals surface area contributed by atoms with Crippen molar-refractivity contribution in [2.24, 2.45) is 0 Å². The second kappa shape index (κ2) is 6.01. The molecule has 0 radical (unpaired) electrons. The van der Waals surface area contributed by atoms with E-state index in [1.165, 1.54) is 0 Å². The third-order valence-electron chi connectivity index (χ3n) is 3.33. The normalized spacial score (nSPS) is 12.2. The molecule has 0 saturated carbocycles. The van der Waals surface area contributed by atoms with E-state index in [0.717, 1.165) is 5.56 Å². The van der Waals surface area contributed by atoms with Crippen molar-refractivity contribution in [1.82, 2.24) is 5.32 Å². The minimum Gasteiger partial charge on any atom is -0.497 e. The summed E-state index contributed by atoms with van der Waals surface area (Å²) in [6.45, 7) is 1.54. The van der Waals surface area contributed by atoms with Gasteiger partial charge in [0.25, 0.3) is 0 Å². The van der Waals surface area contributed by atoms with Crippen molar-refractivity contribution in [3.63, 3.8) is 0 Å². The van der Waals surface area contributed by atoms with Gasteiger partial charge in [-0.05, 0) is 37.2 Å². The smallest absolute Gasteiger partial charge is 0.164 e. The fourth-order valence-corrected chi connectivity index (χ4v) is 2.21. The molecule has 0 saturated heterocycles. The fraction of sp³-hybridized carbons (Fsp3) is 0.250. The second-order valence-electron chi connectivity index (χ2n) is 4.60. The van der Waals surface area contributed by atoms with Gasteiger partial charge in [0, 0.05) is 5.56 Å². The van der Waals surface area contributed by atoms with E-state index >= 15 is 0 Å². The molecule has 0 aliphatic heterocycles. The van der Waals surface area contributed by atoms with Gasteiger partial charge in [0.1, 0.15) is 5.75 Å². The van der Waals surface area contributed by atoms with Crippen molar-refractivity contribution >= 4 is 0 Å². The molecule has 0 aliphatic carbocycles. The molecule has 2 aromatic rings. The summed E-state index contributed by atoms with van der Waals surface area (Å²) < 4.78 is 33.0. The summed E-state index contributed by atoms with van der Waals surface area (Å²) in [5, 5.41) is 3.01. The Hall–Kier alpha value is -1.94. The maximum atomic E-state index is 14.1. The van der Waals surface area contributed by atoms with Gasteiger partial charge in [0.15, 0.2) is 11.6 Å². The Labute approximate surface area is 117 Å². The zero-order chi connectivity index (χ0) is 14.7. The van der Waals surface area contributed by atoms with Gasteiger partial charge in [0.05, 0.1) is 13.2 Å². The summed E-state index contributed by atoms with van der Waals surface area (Å²) >= 11 is 0. The molecular formula is C16H17F2NO. The van der Waals surface area contributed by atoms with Gasteiger partial charge >= 0.3 is 0 Å². The monoisotopic (exact) mass is 277 g/mol. The molecule has 2 aromatic carbocycles. The number of hydrogen-bond acceptors (Lipinski definition) is 2. The minimum absolute atomic E-state index is 0.281. The van der Waals surface area contributed by atoms with Gasteiger partial charge < -0.3 is 10.1 Å². The van der Waals surface area contributed by atoms with E-state index in [2.05, 4.69) is 5.32 Å². The van der Waals surface area contributed by atoms with Crippen LogP contribution in [0.25, 0.3) is 0 Å². The minimum atomic E-state index is -0.813. The first kappa shape index (κ1) is 14.5. The van der Waals surface area contributed by atoms with Crippen LogP contribution in [0.4, 0.5) is 8.78 Å². The molecule has 2 nitrogen and oxygen atoms in total. The summed E-state index contributed by atoms with van der Waals surface area (Å²) in [7, 11) is 3.28. The van der Waals surface area contributed by atoms with Crippen molar-refractivity contribution < 1.29 is 13.5 Å². The molecule has 0 aromatic heterocycles. The number of aryl methyl sites for hydroxylation is 1. The first-order valence-electron chi connectivity index (χ1n) is 6.34. The van der Waals surface area contributed by atoms with Crippen LogP contribution >= 0.6 is 0 Å². The Balaban J connectivity index is 2.49. The van der Waals surface area contributed by atoms with E-state index in [1.54, 1.807) is 39.3 Å². The van der Waals surface area contributed by atoms with Crippen molar-refractivity contribution in [3.05, 3.63) is 64.7 Å². The molecule has 20 heavy (non-hydrogen) atoms. The molecule has 4 heteroatoms. The van der Waals surface area contributed by atoms with E-state index in [4.69, 9.17) is 4.74 Å². The zero-order valence-corrected chi connectivity index (χ0v) is 11.7. The fourth-order valence-electron chi connectivity index (χ4n) is 2.21. The highest BCUT2D eigenvalue weighted by Crippen LogP contribution is 2.28. The van der Waals surface area contributed by atoms with Gasteiger partial charge in [-0.2, -0.15) is 0 Å². The molecular weight excluding hydrogens is 260 g/mol. The molecule has 0 spiro atoms. The van der Waals surface area contributed by atoms with Crippen LogP contribution in [0.15, 0.2) is 36.4 Å². The maximum Gasteiger partial charge on any atom is 0.164 e. The van der Waals surface area contributed by atoms with Crippen molar-refractivity contribution in [2.45, 2.75) is 13.0 Å². The van der Waals surface area contributed by atoms with Crippen molar-refractivity contribution in [1.29, 1.82) is 0 Å². The van der Waals surface area contributed by atoms with Crippen LogP contribution in [0.3, 0.4) is 0 Å². The van der Waals surface area contributed by atoms with E-state index < -0.39 is 17.7 Å². The van der Waals surface area contributed by atoms with Crippen LogP contribution in [0.2, 0.25) is 0 Å². The van der Waals surface area contributed by atoms with Crippen LogP contribution < -0.4 is 10.1 Å². The lowest BCUT2D eigenvalue weighted by Gasteiger charge is -2.19. The van der Waals surface area contributed by atoms with Crippen LogP contribution in [0.1, 0.15) is 22.7 Å². The number of halogens is 2. The molecule has 1 N–H and O–H groups in total. The van der Waals surface area contributed by atoms with Crippen molar-refractivity contribution in [2.75, 3.05) is 14.2 Å². The molecule has 0 heterocycles. The second-order valence-corrected chi connectivity index (χ2v) is 4.60. The number of benzene rings is 2. The lowest BCUT2D eigenvalue weighted by Crippen LogP contribution is -2.19. The number of rotatable bonds is 4. The Morgan fingerprint density at radius 1 is 1.10 bits per heavy atom. The maximum absolute atomic E-state index is 14.1. The quantitative estimate of drug-likeness (QED) is 0.922. The molecule has 0 bridgehead atoms. The number of ether oxygens (including phenoxy) is 1. The van der Waals surface area contributed by atoms with E-state index in [-0.39, 0.29) is 5.56 Å². The first-order chi connectivity index (χ1) is 9.58. The Morgan fingerprint density at radius 2 is 1.85 bits per heavy atom. The summed E-state index contributed by atoms with van der Waals surface area (Å²) in [5.41, 5.74) is 1.39. The molecule has 1 atom stereocenters. The predicted molar refractivity (Wildman–Crippen MR) is 75.0 cm³/mol. The molecule has 2 rings (SSSR count). The van der Waals surface area contributed by atoms with Gasteiger partial charge in [-0.15, -0.1) is 0 Å². The topological polar surface area (TPSA) is 21.3 Å². The van der Waals surface area contributed by atoms with E-state index in [9.17, 15) is 8.78 Å². The molecule has 106 valence electrons. The van der Waals surface area contributed by atoms with Crippen LogP contribution in [-0.4, -0.2) is 14.2 Å². The van der Waals surface area contributed by atoms with Crippen LogP contribution in [0.5, 0.6) is 5.75 Å². The molecule has 0 amide bonds. The lowest BCUT2D eigenvalue weighted by atomic mass is 9.97. The predicted octanol–water partition coefficient (Wildman–Crippen LogP) is 3.59. The Bertz CT molecular complexity index is 613. The molecule has 0 fully saturated rings. The summed E-state index contributed by atoms with van der Waals surface area (Å²) in [6.07, 6.45) is 0. The average molecular weight is 277 g/mol. The van der Waals surface area contributed by atoms with Crippen LogP contribution in [-0.2, 0) is 0 Å². The Kier molecular flexibility index (Phi) is 4.35. The summed E-state index contributed by atoms with van der Waals surface area (Å²) in [5.74, 6) is -0.937. The van der Waals surface area contributed by atoms with Gasteiger partial charge in [-0.3, -0.25) is 0 Å². The van der Waals surface area contributed by atoms with Gasteiger partial charge in [-0.25, -0.2) is 8.78 Å². The number of nitrogens with one attached hydrogen (secondary N) is 1. The highest BCUT2D eigenvalue weighted by atomic mass is 19.2. The molecule has 1 unspecified atom stereocenters. The number of hydrogen-bond donors (Lipinski definition) is 1. The summed E-state index contributed by atoms with van der Waals surface area (Å²) in [6, 6.07) is 10.0. The third-order valence-corrected chi connectivity index (χ3v) is 3.33. The zero-order valence-electron chi connectivity index (χ0n) is 11.7. The summed E-state index contributed by atoms with van der Waals surface area (Å²) in [4.78, 5) is 0. The van der Waals surface area contributed by atoms with E-state index in [1.807, 2.05) is 18.2 Å². The molecule has 0 aliphatic rings.